The first-order chi connectivity index (χ1) is 7.24. The molecule has 15 heavy (non-hydrogen) atoms. The molecule has 0 aromatic carbocycles. The number of hydrogen-bond acceptors (Lipinski definition) is 2. The van der Waals surface area contributed by atoms with Gasteiger partial charge in [-0.2, -0.15) is 0 Å². The highest BCUT2D eigenvalue weighted by Gasteiger charge is 2.26. The van der Waals surface area contributed by atoms with Crippen LogP contribution < -0.4 is 5.32 Å². The van der Waals surface area contributed by atoms with Gasteiger partial charge in [0.2, 0.25) is 0 Å². The van der Waals surface area contributed by atoms with Gasteiger partial charge >= 0.3 is 0 Å². The Morgan fingerprint density at radius 2 is 2.27 bits per heavy atom. The van der Waals surface area contributed by atoms with Crippen LogP contribution in [0.15, 0.2) is 12.1 Å². The minimum Gasteiger partial charge on any atom is -0.354 e. The number of nitrogens with one attached hydrogen (secondary N) is 1. The van der Waals surface area contributed by atoms with Crippen molar-refractivity contribution in [3.05, 3.63) is 29.1 Å². The van der Waals surface area contributed by atoms with Gasteiger partial charge in [-0.3, -0.25) is 4.79 Å². The Morgan fingerprint density at radius 3 is 2.80 bits per heavy atom. The normalized spacial score (nSPS) is 15.1. The van der Waals surface area contributed by atoms with E-state index in [0.29, 0.717) is 11.6 Å². The number of amides is 1. The smallest absolute Gasteiger partial charge is 0.269 e. The monoisotopic (exact) mass is 204 g/mol. The Balaban J connectivity index is 2.36. The molecule has 1 saturated carbocycles. The minimum absolute atomic E-state index is 0.0906. The lowest BCUT2D eigenvalue weighted by atomic mass is 10.1. The first-order valence-corrected chi connectivity index (χ1v) is 5.47. The Hall–Kier alpha value is -1.38. The second kappa shape index (κ2) is 4.01. The van der Waals surface area contributed by atoms with Gasteiger partial charge in [-0.1, -0.05) is 6.92 Å². The summed E-state index contributed by atoms with van der Waals surface area (Å²) in [5.41, 5.74) is 2.84. The van der Waals surface area contributed by atoms with Gasteiger partial charge in [0.1, 0.15) is 5.69 Å². The van der Waals surface area contributed by atoms with E-state index in [1.165, 1.54) is 18.4 Å². The predicted molar refractivity (Wildman–Crippen MR) is 59.0 cm³/mol. The number of nitrogens with zero attached hydrogens (tertiary/aromatic N) is 1. The summed E-state index contributed by atoms with van der Waals surface area (Å²) in [6, 6.07) is 4.01. The molecule has 1 amide bonds. The molecule has 0 bridgehead atoms. The third-order valence-electron chi connectivity index (χ3n) is 2.77. The van der Waals surface area contributed by atoms with Gasteiger partial charge in [-0.15, -0.1) is 0 Å². The van der Waals surface area contributed by atoms with Crippen LogP contribution >= 0.6 is 0 Å². The zero-order chi connectivity index (χ0) is 10.8. The molecule has 1 heterocycles. The maximum atomic E-state index is 11.5. The van der Waals surface area contributed by atoms with Crippen LogP contribution in [0.4, 0.5) is 0 Å². The summed E-state index contributed by atoms with van der Waals surface area (Å²) < 4.78 is 0. The Morgan fingerprint density at radius 1 is 1.53 bits per heavy atom. The number of hydrogen-bond donors (Lipinski definition) is 1. The van der Waals surface area contributed by atoms with Crippen LogP contribution in [-0.4, -0.2) is 17.9 Å². The summed E-state index contributed by atoms with van der Waals surface area (Å²) in [5.74, 6) is 0.507. The van der Waals surface area contributed by atoms with Crippen LogP contribution in [0, 0.1) is 0 Å². The lowest BCUT2D eigenvalue weighted by Crippen LogP contribution is -2.20. The van der Waals surface area contributed by atoms with Crippen LogP contribution in [0.25, 0.3) is 0 Å². The van der Waals surface area contributed by atoms with Gasteiger partial charge in [0, 0.05) is 18.7 Å². The fourth-order valence-electron chi connectivity index (χ4n) is 1.65. The Labute approximate surface area is 89.9 Å². The van der Waals surface area contributed by atoms with E-state index in [1.807, 2.05) is 6.07 Å². The van der Waals surface area contributed by atoms with Crippen molar-refractivity contribution in [2.24, 2.45) is 0 Å². The van der Waals surface area contributed by atoms with Crippen LogP contribution in [0.5, 0.6) is 0 Å². The SMILES string of the molecule is CCc1cc(C(=O)NC)nc(C2CC2)c1. The average molecular weight is 204 g/mol. The highest BCUT2D eigenvalue weighted by Crippen LogP contribution is 2.39. The predicted octanol–water partition coefficient (Wildman–Crippen LogP) is 1.88. The molecule has 3 nitrogen and oxygen atoms in total. The molecule has 3 heteroatoms. The van der Waals surface area contributed by atoms with E-state index in [1.54, 1.807) is 7.05 Å². The lowest BCUT2D eigenvalue weighted by Gasteiger charge is -2.06. The molecule has 0 unspecified atom stereocenters. The Kier molecular flexibility index (Phi) is 2.71. The summed E-state index contributed by atoms with van der Waals surface area (Å²) in [4.78, 5) is 15.9. The van der Waals surface area contributed by atoms with Crippen LogP contribution in [-0.2, 0) is 6.42 Å². The van der Waals surface area contributed by atoms with Gasteiger partial charge in [0.25, 0.3) is 5.91 Å². The molecular formula is C12H16N2O. The summed E-state index contributed by atoms with van der Waals surface area (Å²) in [6.45, 7) is 2.10. The average Bonchev–Trinajstić information content (AvgIpc) is 3.11. The molecule has 1 fully saturated rings. The van der Waals surface area contributed by atoms with Crippen molar-refractivity contribution in [2.75, 3.05) is 7.05 Å². The molecular weight excluding hydrogens is 188 g/mol. The number of rotatable bonds is 3. The molecule has 2 rings (SSSR count). The number of carbonyl (C=O) groups excluding carboxylic acids is 1. The molecule has 0 atom stereocenters. The summed E-state index contributed by atoms with van der Waals surface area (Å²) in [7, 11) is 1.64. The Bertz CT molecular complexity index is 383. The van der Waals surface area contributed by atoms with Gasteiger partial charge < -0.3 is 5.32 Å². The van der Waals surface area contributed by atoms with E-state index < -0.39 is 0 Å². The van der Waals surface area contributed by atoms with Crippen molar-refractivity contribution >= 4 is 5.91 Å². The van der Waals surface area contributed by atoms with E-state index in [-0.39, 0.29) is 5.91 Å². The number of carbonyl (C=O) groups is 1. The zero-order valence-electron chi connectivity index (χ0n) is 9.21. The first kappa shape index (κ1) is 10.1. The number of pyridine rings is 1. The molecule has 80 valence electrons. The van der Waals surface area contributed by atoms with E-state index in [0.717, 1.165) is 12.1 Å². The second-order valence-corrected chi connectivity index (χ2v) is 3.99. The number of aryl methyl sites for hydroxylation is 1. The first-order valence-electron chi connectivity index (χ1n) is 5.47. The lowest BCUT2D eigenvalue weighted by molar-refractivity contribution is 0.0958. The van der Waals surface area contributed by atoms with E-state index in [4.69, 9.17) is 0 Å². The largest absolute Gasteiger partial charge is 0.354 e. The fourth-order valence-corrected chi connectivity index (χ4v) is 1.65. The molecule has 0 radical (unpaired) electrons. The van der Waals surface area contributed by atoms with E-state index in [2.05, 4.69) is 23.3 Å². The van der Waals surface area contributed by atoms with E-state index in [9.17, 15) is 4.79 Å². The highest BCUT2D eigenvalue weighted by atomic mass is 16.1. The summed E-state index contributed by atoms with van der Waals surface area (Å²) in [5, 5.41) is 2.62. The molecule has 1 aromatic heterocycles. The molecule has 1 aliphatic rings. The van der Waals surface area contributed by atoms with Crippen LogP contribution in [0.1, 0.15) is 47.4 Å². The highest BCUT2D eigenvalue weighted by molar-refractivity contribution is 5.92. The standard InChI is InChI=1S/C12H16N2O/c1-3-8-6-10(9-4-5-9)14-11(7-8)12(15)13-2/h6-7,9H,3-5H2,1-2H3,(H,13,15). The summed E-state index contributed by atoms with van der Waals surface area (Å²) >= 11 is 0. The van der Waals surface area contributed by atoms with Crippen molar-refractivity contribution in [1.82, 2.24) is 10.3 Å². The molecule has 0 spiro atoms. The maximum Gasteiger partial charge on any atom is 0.269 e. The molecule has 0 aliphatic heterocycles. The molecule has 1 aromatic rings. The van der Waals surface area contributed by atoms with E-state index >= 15 is 0 Å². The van der Waals surface area contributed by atoms with Crippen molar-refractivity contribution in [3.63, 3.8) is 0 Å². The third-order valence-corrected chi connectivity index (χ3v) is 2.77. The van der Waals surface area contributed by atoms with Crippen LogP contribution in [0.2, 0.25) is 0 Å². The fraction of sp³-hybridized carbons (Fsp3) is 0.500. The van der Waals surface area contributed by atoms with Gasteiger partial charge in [0.15, 0.2) is 0 Å². The number of aromatic nitrogens is 1. The van der Waals surface area contributed by atoms with Crippen molar-refractivity contribution < 1.29 is 4.79 Å². The minimum atomic E-state index is -0.0906. The third kappa shape index (κ3) is 2.17. The van der Waals surface area contributed by atoms with Gasteiger partial charge in [-0.05, 0) is 37.0 Å². The molecule has 0 saturated heterocycles. The van der Waals surface area contributed by atoms with Gasteiger partial charge in [0.05, 0.1) is 0 Å². The van der Waals surface area contributed by atoms with Gasteiger partial charge in [-0.25, -0.2) is 4.98 Å². The molecule has 1 N–H and O–H groups in total. The van der Waals surface area contributed by atoms with Crippen molar-refractivity contribution in [2.45, 2.75) is 32.1 Å². The summed E-state index contributed by atoms with van der Waals surface area (Å²) in [6.07, 6.45) is 3.38. The molecule has 1 aliphatic carbocycles. The van der Waals surface area contributed by atoms with Crippen molar-refractivity contribution in [3.8, 4) is 0 Å². The van der Waals surface area contributed by atoms with Crippen molar-refractivity contribution in [1.29, 1.82) is 0 Å². The maximum absolute atomic E-state index is 11.5. The topological polar surface area (TPSA) is 42.0 Å². The quantitative estimate of drug-likeness (QED) is 0.816. The van der Waals surface area contributed by atoms with Crippen LogP contribution in [0.3, 0.4) is 0 Å². The zero-order valence-corrected chi connectivity index (χ0v) is 9.21. The second-order valence-electron chi connectivity index (χ2n) is 3.99.